The highest BCUT2D eigenvalue weighted by Gasteiger charge is 2.34. The highest BCUT2D eigenvalue weighted by molar-refractivity contribution is 7.99. The van der Waals surface area contributed by atoms with Crippen LogP contribution in [0.25, 0.3) is 0 Å². The summed E-state index contributed by atoms with van der Waals surface area (Å²) in [5.74, 6) is -0.687. The summed E-state index contributed by atoms with van der Waals surface area (Å²) in [6.07, 6.45) is 3.16. The van der Waals surface area contributed by atoms with Crippen LogP contribution in [0, 0.1) is 0 Å². The van der Waals surface area contributed by atoms with Crippen LogP contribution in [-0.4, -0.2) is 27.5 Å². The van der Waals surface area contributed by atoms with Crippen molar-refractivity contribution >= 4 is 35.1 Å². The summed E-state index contributed by atoms with van der Waals surface area (Å²) in [6.45, 7) is 4.08. The van der Waals surface area contributed by atoms with Crippen molar-refractivity contribution in [3.8, 4) is 0 Å². The summed E-state index contributed by atoms with van der Waals surface area (Å²) in [7, 11) is 0. The van der Waals surface area contributed by atoms with Crippen molar-refractivity contribution in [3.63, 3.8) is 0 Å². The summed E-state index contributed by atoms with van der Waals surface area (Å²) in [5, 5.41) is 5.86. The summed E-state index contributed by atoms with van der Waals surface area (Å²) in [5.41, 5.74) is 1.66. The number of thioether (sulfide) groups is 1. The molecule has 1 unspecified atom stereocenters. The van der Waals surface area contributed by atoms with Gasteiger partial charge in [0.05, 0.1) is 11.5 Å². The third-order valence-corrected chi connectivity index (χ3v) is 5.32. The molecule has 1 aromatic carbocycles. The van der Waals surface area contributed by atoms with Gasteiger partial charge in [-0.05, 0) is 36.3 Å². The van der Waals surface area contributed by atoms with Crippen LogP contribution in [0.4, 0.5) is 11.5 Å². The summed E-state index contributed by atoms with van der Waals surface area (Å²) in [4.78, 5) is 44.4. The van der Waals surface area contributed by atoms with E-state index >= 15 is 0 Å². The molecule has 7 nitrogen and oxygen atoms in total. The van der Waals surface area contributed by atoms with Crippen LogP contribution in [0.5, 0.6) is 0 Å². The first-order valence-corrected chi connectivity index (χ1v) is 10.5. The van der Waals surface area contributed by atoms with Crippen LogP contribution < -0.4 is 16.2 Å². The molecule has 1 aliphatic heterocycles. The second-order valence-corrected chi connectivity index (χ2v) is 7.91. The molecule has 0 aliphatic carbocycles. The topological polar surface area (TPSA) is 104 Å². The molecule has 28 heavy (non-hydrogen) atoms. The number of H-pyrrole nitrogens is 1. The first kappa shape index (κ1) is 20.1. The highest BCUT2D eigenvalue weighted by Crippen LogP contribution is 2.30. The Hall–Kier alpha value is -2.61. The number of rotatable bonds is 7. The lowest BCUT2D eigenvalue weighted by molar-refractivity contribution is -0.123. The van der Waals surface area contributed by atoms with Gasteiger partial charge < -0.3 is 15.6 Å². The molecule has 8 heteroatoms. The molecule has 0 fully saturated rings. The second-order valence-electron chi connectivity index (χ2n) is 6.66. The number of aryl methyl sites for hydroxylation is 1. The first-order chi connectivity index (χ1) is 13.5. The molecule has 2 heterocycles. The number of anilines is 2. The van der Waals surface area contributed by atoms with Gasteiger partial charge in [0.1, 0.15) is 5.82 Å². The molecule has 0 spiro atoms. The largest absolute Gasteiger partial charge is 0.326 e. The Labute approximate surface area is 167 Å². The Morgan fingerprint density at radius 2 is 2.00 bits per heavy atom. The fourth-order valence-electron chi connectivity index (χ4n) is 3.14. The summed E-state index contributed by atoms with van der Waals surface area (Å²) < 4.78 is 0. The molecule has 0 radical (unpaired) electrons. The zero-order valence-corrected chi connectivity index (χ0v) is 16.8. The molecule has 148 valence electrons. The second kappa shape index (κ2) is 9.05. The Bertz CT molecular complexity index is 924. The summed E-state index contributed by atoms with van der Waals surface area (Å²) >= 11 is 1.36. The molecule has 0 saturated heterocycles. The van der Waals surface area contributed by atoms with E-state index in [1.807, 2.05) is 31.2 Å². The van der Waals surface area contributed by atoms with E-state index in [0.717, 1.165) is 25.0 Å². The third kappa shape index (κ3) is 4.62. The van der Waals surface area contributed by atoms with E-state index in [0.29, 0.717) is 10.8 Å². The molecule has 3 N–H and O–H groups in total. The number of aromatic nitrogens is 2. The number of amides is 2. The third-order valence-electron chi connectivity index (χ3n) is 4.57. The van der Waals surface area contributed by atoms with Crippen molar-refractivity contribution in [1.82, 2.24) is 9.97 Å². The maximum absolute atomic E-state index is 12.8. The first-order valence-electron chi connectivity index (χ1n) is 9.48. The number of nitrogens with zero attached hydrogens (tertiary/aromatic N) is 1. The van der Waals surface area contributed by atoms with Gasteiger partial charge in [-0.2, -0.15) is 0 Å². The quantitative estimate of drug-likeness (QED) is 0.489. The number of aromatic amines is 1. The average Bonchev–Trinajstić information content (AvgIpc) is 2.66. The lowest BCUT2D eigenvalue weighted by Gasteiger charge is -2.23. The van der Waals surface area contributed by atoms with Crippen LogP contribution in [0.15, 0.2) is 34.2 Å². The number of hydrogen-bond donors (Lipinski definition) is 3. The van der Waals surface area contributed by atoms with Crippen molar-refractivity contribution in [1.29, 1.82) is 0 Å². The smallest absolute Gasteiger partial charge is 0.257 e. The van der Waals surface area contributed by atoms with Gasteiger partial charge in [-0.25, -0.2) is 4.98 Å². The Morgan fingerprint density at radius 3 is 2.68 bits per heavy atom. The van der Waals surface area contributed by atoms with Gasteiger partial charge in [-0.3, -0.25) is 14.4 Å². The van der Waals surface area contributed by atoms with Gasteiger partial charge in [-0.1, -0.05) is 44.2 Å². The maximum Gasteiger partial charge on any atom is 0.257 e. The van der Waals surface area contributed by atoms with Gasteiger partial charge in [0.15, 0.2) is 5.16 Å². The number of nitrogens with one attached hydrogen (secondary N) is 3. The van der Waals surface area contributed by atoms with Crippen molar-refractivity contribution in [3.05, 3.63) is 45.7 Å². The SMILES string of the molecule is CCCCc1ccc(NC(=O)C2CC(=O)Nc3nc(SCC)[nH]c(=O)c32)cc1. The van der Waals surface area contributed by atoms with Crippen LogP contribution in [0.1, 0.15) is 50.2 Å². The van der Waals surface area contributed by atoms with Crippen LogP contribution in [-0.2, 0) is 16.0 Å². The molecule has 1 atom stereocenters. The number of carbonyl (C=O) groups excluding carboxylic acids is 2. The molecule has 0 saturated carbocycles. The van der Waals surface area contributed by atoms with E-state index in [9.17, 15) is 14.4 Å². The zero-order valence-electron chi connectivity index (χ0n) is 16.0. The van der Waals surface area contributed by atoms with Crippen LogP contribution in [0.3, 0.4) is 0 Å². The Morgan fingerprint density at radius 1 is 1.25 bits per heavy atom. The predicted molar refractivity (Wildman–Crippen MR) is 111 cm³/mol. The van der Waals surface area contributed by atoms with Crippen molar-refractivity contribution in [2.24, 2.45) is 0 Å². The van der Waals surface area contributed by atoms with Gasteiger partial charge >= 0.3 is 0 Å². The number of benzene rings is 1. The maximum atomic E-state index is 12.8. The summed E-state index contributed by atoms with van der Waals surface area (Å²) in [6, 6.07) is 7.65. The van der Waals surface area contributed by atoms with E-state index in [-0.39, 0.29) is 29.6 Å². The number of unbranched alkanes of at least 4 members (excludes halogenated alkanes) is 1. The standard InChI is InChI=1S/C20H24N4O3S/c1-3-5-6-12-7-9-13(10-8-12)21-18(26)14-11-15(25)22-17-16(14)19(27)24-20(23-17)28-4-2/h7-10,14H,3-6,11H2,1-2H3,(H,21,26)(H2,22,23,24,25,27). The number of fused-ring (bicyclic) bond motifs is 1. The van der Waals surface area contributed by atoms with Crippen molar-refractivity contribution in [2.75, 3.05) is 16.4 Å². The van der Waals surface area contributed by atoms with Crippen molar-refractivity contribution in [2.45, 2.75) is 50.6 Å². The van der Waals surface area contributed by atoms with E-state index in [2.05, 4.69) is 27.5 Å². The minimum atomic E-state index is -0.875. The molecule has 2 aromatic rings. The normalized spacial score (nSPS) is 15.6. The lowest BCUT2D eigenvalue weighted by atomic mass is 9.92. The fraction of sp³-hybridized carbons (Fsp3) is 0.400. The molecule has 2 amide bonds. The van der Waals surface area contributed by atoms with Gasteiger partial charge in [0.2, 0.25) is 11.8 Å². The van der Waals surface area contributed by atoms with Crippen LogP contribution >= 0.6 is 11.8 Å². The average molecular weight is 401 g/mol. The molecular formula is C20H24N4O3S. The zero-order chi connectivity index (χ0) is 20.1. The highest BCUT2D eigenvalue weighted by atomic mass is 32.2. The van der Waals surface area contributed by atoms with Crippen molar-refractivity contribution < 1.29 is 9.59 Å². The molecule has 1 aliphatic rings. The minimum Gasteiger partial charge on any atom is -0.326 e. The van der Waals surface area contributed by atoms with Crippen LogP contribution in [0.2, 0.25) is 0 Å². The molecular weight excluding hydrogens is 376 g/mol. The Balaban J connectivity index is 1.81. The predicted octanol–water partition coefficient (Wildman–Crippen LogP) is 3.29. The van der Waals surface area contributed by atoms with E-state index in [1.54, 1.807) is 0 Å². The molecule has 3 rings (SSSR count). The fourth-order valence-corrected chi connectivity index (χ4v) is 3.74. The number of hydrogen-bond acceptors (Lipinski definition) is 5. The van der Waals surface area contributed by atoms with E-state index in [1.165, 1.54) is 17.3 Å². The van der Waals surface area contributed by atoms with Gasteiger partial charge in [0, 0.05) is 12.1 Å². The Kier molecular flexibility index (Phi) is 6.51. The monoisotopic (exact) mass is 400 g/mol. The van der Waals surface area contributed by atoms with E-state index in [4.69, 9.17) is 0 Å². The lowest BCUT2D eigenvalue weighted by Crippen LogP contribution is -2.36. The molecule has 0 bridgehead atoms. The van der Waals surface area contributed by atoms with Gasteiger partial charge in [-0.15, -0.1) is 0 Å². The molecule has 1 aromatic heterocycles. The number of carbonyl (C=O) groups is 2. The van der Waals surface area contributed by atoms with Gasteiger partial charge in [0.25, 0.3) is 5.56 Å². The minimum absolute atomic E-state index is 0.0849. The van der Waals surface area contributed by atoms with E-state index < -0.39 is 11.5 Å².